The van der Waals surface area contributed by atoms with E-state index in [0.717, 1.165) is 42.8 Å². The zero-order chi connectivity index (χ0) is 24.1. The summed E-state index contributed by atoms with van der Waals surface area (Å²) < 4.78 is 0. The third-order valence-electron chi connectivity index (χ3n) is 5.54. The number of aliphatic imine (C=N–C) groups is 1. The van der Waals surface area contributed by atoms with E-state index in [-0.39, 0.29) is 18.4 Å². The number of carbonyl (C=O) groups is 3. The molecule has 0 fully saturated rings. The van der Waals surface area contributed by atoms with Crippen molar-refractivity contribution in [2.45, 2.75) is 38.1 Å². The van der Waals surface area contributed by atoms with Crippen LogP contribution in [0.4, 0.5) is 0 Å². The van der Waals surface area contributed by atoms with E-state index in [2.05, 4.69) is 15.2 Å². The third kappa shape index (κ3) is 6.04. The second kappa shape index (κ2) is 10.4. The van der Waals surface area contributed by atoms with Gasteiger partial charge >= 0.3 is 11.9 Å². The van der Waals surface area contributed by atoms with Gasteiger partial charge in [-0.15, -0.1) is 0 Å². The number of carboxylic acid groups (broad SMARTS) is 2. The molecule has 1 aromatic rings. The molecule has 0 saturated heterocycles. The maximum atomic E-state index is 12.4. The van der Waals surface area contributed by atoms with Crippen LogP contribution in [0.15, 0.2) is 46.5 Å². The van der Waals surface area contributed by atoms with E-state index >= 15 is 0 Å². The van der Waals surface area contributed by atoms with Crippen LogP contribution < -0.4 is 16.8 Å². The fraction of sp³-hybridized carbons (Fsp3) is 0.364. The summed E-state index contributed by atoms with van der Waals surface area (Å²) in [4.78, 5) is 40.7. The molecule has 0 saturated carbocycles. The summed E-state index contributed by atoms with van der Waals surface area (Å²) in [5, 5.41) is 20.7. The Balaban J connectivity index is 1.56. The lowest BCUT2D eigenvalue weighted by Gasteiger charge is -2.30. The average molecular weight is 476 g/mol. The maximum absolute atomic E-state index is 12.4. The SMILES string of the molecule is NC1=CC2=C(N)N(CCCc3ccc(C(=O)N[C@@H](CCC(=O)O)C(=O)O)cc3Cl)CCC2=N1. The van der Waals surface area contributed by atoms with Gasteiger partial charge in [0, 0.05) is 42.1 Å². The highest BCUT2D eigenvalue weighted by molar-refractivity contribution is 6.31. The number of carboxylic acids is 2. The van der Waals surface area contributed by atoms with Crippen LogP contribution in [-0.2, 0) is 16.0 Å². The van der Waals surface area contributed by atoms with Gasteiger partial charge in [-0.25, -0.2) is 9.79 Å². The molecule has 0 aromatic heterocycles. The van der Waals surface area contributed by atoms with Crippen molar-refractivity contribution >= 4 is 35.2 Å². The van der Waals surface area contributed by atoms with Crippen molar-refractivity contribution in [2.24, 2.45) is 16.5 Å². The number of nitrogens with one attached hydrogen (secondary N) is 1. The third-order valence-corrected chi connectivity index (χ3v) is 5.89. The Bertz CT molecular complexity index is 1070. The Morgan fingerprint density at radius 2 is 2.00 bits per heavy atom. The number of halogens is 1. The predicted molar refractivity (Wildman–Crippen MR) is 123 cm³/mol. The molecule has 10 nitrogen and oxygen atoms in total. The Labute approximate surface area is 195 Å². The first-order chi connectivity index (χ1) is 15.7. The molecule has 2 aliphatic rings. The number of allylic oxidation sites excluding steroid dienone is 2. The zero-order valence-electron chi connectivity index (χ0n) is 17.9. The van der Waals surface area contributed by atoms with Gasteiger partial charge in [0.25, 0.3) is 5.91 Å². The number of carbonyl (C=O) groups excluding carboxylic acids is 1. The van der Waals surface area contributed by atoms with Gasteiger partial charge in [-0.05, 0) is 43.0 Å². The molecule has 0 bridgehead atoms. The lowest BCUT2D eigenvalue weighted by molar-refractivity contribution is -0.140. The van der Waals surface area contributed by atoms with Gasteiger partial charge in [-0.1, -0.05) is 17.7 Å². The summed E-state index contributed by atoms with van der Waals surface area (Å²) in [7, 11) is 0. The molecule has 33 heavy (non-hydrogen) atoms. The van der Waals surface area contributed by atoms with E-state index in [9.17, 15) is 19.5 Å². The largest absolute Gasteiger partial charge is 0.481 e. The van der Waals surface area contributed by atoms with Crippen LogP contribution in [0.2, 0.25) is 5.02 Å². The topological polar surface area (TPSA) is 171 Å². The van der Waals surface area contributed by atoms with Gasteiger partial charge in [0.2, 0.25) is 0 Å². The number of amides is 1. The lowest BCUT2D eigenvalue weighted by atomic mass is 10.0. The molecular formula is C22H26ClN5O5. The highest BCUT2D eigenvalue weighted by atomic mass is 35.5. The van der Waals surface area contributed by atoms with Crippen LogP contribution in [0, 0.1) is 0 Å². The van der Waals surface area contributed by atoms with E-state index in [0.29, 0.717) is 23.1 Å². The smallest absolute Gasteiger partial charge is 0.326 e. The Morgan fingerprint density at radius 3 is 2.67 bits per heavy atom. The first-order valence-electron chi connectivity index (χ1n) is 10.5. The van der Waals surface area contributed by atoms with E-state index in [4.69, 9.17) is 28.2 Å². The molecular weight excluding hydrogens is 450 g/mol. The second-order valence-corrected chi connectivity index (χ2v) is 8.28. The number of aryl methyl sites for hydroxylation is 1. The molecule has 2 aliphatic heterocycles. The first-order valence-corrected chi connectivity index (χ1v) is 10.9. The van der Waals surface area contributed by atoms with Crippen molar-refractivity contribution in [3.05, 3.63) is 57.6 Å². The Hall–Kier alpha value is -3.53. The molecule has 1 aromatic carbocycles. The number of benzene rings is 1. The summed E-state index contributed by atoms with van der Waals surface area (Å²) in [5.41, 5.74) is 14.9. The quantitative estimate of drug-likeness (QED) is 0.338. The van der Waals surface area contributed by atoms with Gasteiger partial charge in [-0.3, -0.25) is 9.59 Å². The van der Waals surface area contributed by atoms with E-state index < -0.39 is 23.9 Å². The number of aliphatic carboxylic acids is 2. The second-order valence-electron chi connectivity index (χ2n) is 7.87. The molecule has 3 rings (SSSR count). The van der Waals surface area contributed by atoms with Crippen LogP contribution in [0.3, 0.4) is 0 Å². The Morgan fingerprint density at radius 1 is 1.24 bits per heavy atom. The van der Waals surface area contributed by atoms with Gasteiger partial charge in [-0.2, -0.15) is 0 Å². The lowest BCUT2D eigenvalue weighted by Crippen LogP contribution is -2.41. The number of hydrogen-bond acceptors (Lipinski definition) is 7. The predicted octanol–water partition coefficient (Wildman–Crippen LogP) is 1.45. The fourth-order valence-corrected chi connectivity index (χ4v) is 4.05. The minimum Gasteiger partial charge on any atom is -0.481 e. The van der Waals surface area contributed by atoms with Crippen LogP contribution in [-0.4, -0.2) is 57.8 Å². The number of hydrogen-bond donors (Lipinski definition) is 5. The standard InChI is InChI=1S/C22H26ClN5O5/c23-15-10-13(21(31)27-17(22(32)33)5-6-19(29)30)4-3-12(15)2-1-8-28-9-7-16-14(20(28)25)11-18(24)26-16/h3-4,10-11,17H,1-2,5-9,24-25H2,(H,27,31)(H,29,30)(H,32,33)/t17-/m0/s1. The number of fused-ring (bicyclic) bond motifs is 1. The summed E-state index contributed by atoms with van der Waals surface area (Å²) >= 11 is 6.36. The van der Waals surface area contributed by atoms with Crippen LogP contribution in [0.25, 0.3) is 0 Å². The van der Waals surface area contributed by atoms with Crippen LogP contribution in [0.1, 0.15) is 41.6 Å². The summed E-state index contributed by atoms with van der Waals surface area (Å²) in [6.45, 7) is 1.48. The highest BCUT2D eigenvalue weighted by Gasteiger charge is 2.25. The van der Waals surface area contributed by atoms with E-state index in [1.54, 1.807) is 18.2 Å². The summed E-state index contributed by atoms with van der Waals surface area (Å²) in [5.74, 6) is -1.93. The van der Waals surface area contributed by atoms with Crippen LogP contribution >= 0.6 is 11.6 Å². The summed E-state index contributed by atoms with van der Waals surface area (Å²) in [6.07, 6.45) is 3.42. The molecule has 0 unspecified atom stereocenters. The average Bonchev–Trinajstić information content (AvgIpc) is 3.14. The molecule has 176 valence electrons. The van der Waals surface area contributed by atoms with Crippen molar-refractivity contribution in [1.29, 1.82) is 0 Å². The first kappa shape index (κ1) is 24.1. The minimum absolute atomic E-state index is 0.202. The number of rotatable bonds is 10. The molecule has 0 aliphatic carbocycles. The molecule has 11 heteroatoms. The molecule has 0 radical (unpaired) electrons. The number of nitrogens with two attached hydrogens (primary N) is 2. The van der Waals surface area contributed by atoms with Gasteiger partial charge in [0.15, 0.2) is 0 Å². The molecule has 0 spiro atoms. The molecule has 2 heterocycles. The minimum atomic E-state index is -1.30. The van der Waals surface area contributed by atoms with Crippen molar-refractivity contribution in [2.75, 3.05) is 13.1 Å². The molecule has 7 N–H and O–H groups in total. The van der Waals surface area contributed by atoms with E-state index in [1.165, 1.54) is 6.07 Å². The normalized spacial score (nSPS) is 16.1. The van der Waals surface area contributed by atoms with Crippen LogP contribution in [0.5, 0.6) is 0 Å². The summed E-state index contributed by atoms with van der Waals surface area (Å²) in [6, 6.07) is 3.48. The highest BCUT2D eigenvalue weighted by Crippen LogP contribution is 2.25. The zero-order valence-corrected chi connectivity index (χ0v) is 18.6. The molecule has 1 amide bonds. The van der Waals surface area contributed by atoms with Gasteiger partial charge < -0.3 is 31.9 Å². The van der Waals surface area contributed by atoms with Crippen molar-refractivity contribution in [1.82, 2.24) is 10.2 Å². The monoisotopic (exact) mass is 475 g/mol. The molecule has 1 atom stereocenters. The van der Waals surface area contributed by atoms with E-state index in [1.807, 2.05) is 0 Å². The van der Waals surface area contributed by atoms with Gasteiger partial charge in [0.05, 0.1) is 5.71 Å². The number of nitrogens with zero attached hydrogens (tertiary/aromatic N) is 2. The van der Waals surface area contributed by atoms with Gasteiger partial charge in [0.1, 0.15) is 17.7 Å². The van der Waals surface area contributed by atoms with Crippen molar-refractivity contribution < 1.29 is 24.6 Å². The maximum Gasteiger partial charge on any atom is 0.326 e. The fourth-order valence-electron chi connectivity index (χ4n) is 3.77. The van der Waals surface area contributed by atoms with Crippen molar-refractivity contribution in [3.63, 3.8) is 0 Å². The van der Waals surface area contributed by atoms with Crippen molar-refractivity contribution in [3.8, 4) is 0 Å². The Kier molecular flexibility index (Phi) is 7.59.